The SMILES string of the molecule is CN(Cc1ccc2nonc2c1)C(=O)COc1ccc(Cl)cc1Cl. The van der Waals surface area contributed by atoms with Crippen LogP contribution in [0, 0.1) is 0 Å². The zero-order valence-electron chi connectivity index (χ0n) is 12.7. The molecule has 3 aromatic rings. The number of likely N-dealkylation sites (N-methyl/N-ethyl adjacent to an activating group) is 1. The monoisotopic (exact) mass is 365 g/mol. The van der Waals surface area contributed by atoms with Gasteiger partial charge in [0.25, 0.3) is 5.91 Å². The Balaban J connectivity index is 1.59. The maximum Gasteiger partial charge on any atom is 0.260 e. The Kier molecular flexibility index (Phi) is 4.87. The van der Waals surface area contributed by atoms with Crippen LogP contribution < -0.4 is 4.74 Å². The summed E-state index contributed by atoms with van der Waals surface area (Å²) in [5.74, 6) is 0.234. The molecule has 0 radical (unpaired) electrons. The first-order valence-electron chi connectivity index (χ1n) is 7.06. The third-order valence-corrected chi connectivity index (χ3v) is 3.94. The topological polar surface area (TPSA) is 68.5 Å². The summed E-state index contributed by atoms with van der Waals surface area (Å²) >= 11 is 11.8. The summed E-state index contributed by atoms with van der Waals surface area (Å²) in [5.41, 5.74) is 2.24. The quantitative estimate of drug-likeness (QED) is 0.691. The molecule has 0 unspecified atom stereocenters. The maximum absolute atomic E-state index is 12.2. The Morgan fingerprint density at radius 2 is 1.96 bits per heavy atom. The van der Waals surface area contributed by atoms with Gasteiger partial charge >= 0.3 is 0 Å². The normalized spacial score (nSPS) is 10.8. The molecule has 0 aliphatic carbocycles. The second-order valence-electron chi connectivity index (χ2n) is 5.20. The van der Waals surface area contributed by atoms with Crippen LogP contribution in [0.1, 0.15) is 5.56 Å². The molecule has 8 heteroatoms. The van der Waals surface area contributed by atoms with Crippen LogP contribution in [0.2, 0.25) is 10.0 Å². The highest BCUT2D eigenvalue weighted by molar-refractivity contribution is 6.35. The molecule has 0 N–H and O–H groups in total. The average Bonchev–Trinajstić information content (AvgIpc) is 3.01. The number of fused-ring (bicyclic) bond motifs is 1. The summed E-state index contributed by atoms with van der Waals surface area (Å²) in [6, 6.07) is 10.3. The summed E-state index contributed by atoms with van der Waals surface area (Å²) in [5, 5.41) is 8.40. The van der Waals surface area contributed by atoms with E-state index in [0.29, 0.717) is 33.4 Å². The van der Waals surface area contributed by atoms with E-state index >= 15 is 0 Å². The predicted octanol–water partition coefficient (Wildman–Crippen LogP) is 3.57. The van der Waals surface area contributed by atoms with Crippen molar-refractivity contribution in [1.82, 2.24) is 15.2 Å². The Morgan fingerprint density at radius 1 is 1.17 bits per heavy atom. The van der Waals surface area contributed by atoms with Crippen LogP contribution in [0.25, 0.3) is 11.0 Å². The minimum absolute atomic E-state index is 0.119. The molecular formula is C16H13Cl2N3O3. The van der Waals surface area contributed by atoms with Crippen molar-refractivity contribution in [3.63, 3.8) is 0 Å². The zero-order chi connectivity index (χ0) is 17.1. The lowest BCUT2D eigenvalue weighted by molar-refractivity contribution is -0.132. The minimum Gasteiger partial charge on any atom is -0.482 e. The molecule has 3 rings (SSSR count). The molecule has 0 bridgehead atoms. The average molecular weight is 366 g/mol. The number of carbonyl (C=O) groups excluding carboxylic acids is 1. The smallest absolute Gasteiger partial charge is 0.260 e. The van der Waals surface area contributed by atoms with Crippen molar-refractivity contribution in [2.75, 3.05) is 13.7 Å². The van der Waals surface area contributed by atoms with E-state index in [9.17, 15) is 4.79 Å². The van der Waals surface area contributed by atoms with Crippen LogP contribution >= 0.6 is 23.2 Å². The molecule has 1 heterocycles. The van der Waals surface area contributed by atoms with Crippen molar-refractivity contribution in [1.29, 1.82) is 0 Å². The van der Waals surface area contributed by atoms with Crippen molar-refractivity contribution < 1.29 is 14.2 Å². The van der Waals surface area contributed by atoms with E-state index in [1.165, 1.54) is 0 Å². The van der Waals surface area contributed by atoms with E-state index in [0.717, 1.165) is 5.56 Å². The van der Waals surface area contributed by atoms with Crippen molar-refractivity contribution in [2.45, 2.75) is 6.54 Å². The predicted molar refractivity (Wildman–Crippen MR) is 90.2 cm³/mol. The molecule has 0 fully saturated rings. The fourth-order valence-electron chi connectivity index (χ4n) is 2.13. The molecule has 1 aromatic heterocycles. The highest BCUT2D eigenvalue weighted by atomic mass is 35.5. The molecule has 124 valence electrons. The lowest BCUT2D eigenvalue weighted by Gasteiger charge is -2.18. The van der Waals surface area contributed by atoms with Gasteiger partial charge in [0, 0.05) is 18.6 Å². The molecular weight excluding hydrogens is 353 g/mol. The van der Waals surface area contributed by atoms with Gasteiger partial charge in [0.2, 0.25) is 0 Å². The van der Waals surface area contributed by atoms with E-state index in [1.54, 1.807) is 36.2 Å². The molecule has 0 saturated heterocycles. The van der Waals surface area contributed by atoms with Gasteiger partial charge in [-0.05, 0) is 46.2 Å². The fourth-order valence-corrected chi connectivity index (χ4v) is 2.59. The van der Waals surface area contributed by atoms with Crippen LogP contribution in [0.5, 0.6) is 5.75 Å². The molecule has 0 saturated carbocycles. The zero-order valence-corrected chi connectivity index (χ0v) is 14.2. The fraction of sp³-hybridized carbons (Fsp3) is 0.188. The van der Waals surface area contributed by atoms with Gasteiger partial charge in [-0.25, -0.2) is 4.63 Å². The standard InChI is InChI=1S/C16H13Cl2N3O3/c1-21(8-10-2-4-13-14(6-10)20-24-19-13)16(22)9-23-15-5-3-11(17)7-12(15)18/h2-7H,8-9H2,1H3. The van der Waals surface area contributed by atoms with Crippen molar-refractivity contribution in [3.05, 3.63) is 52.0 Å². The van der Waals surface area contributed by atoms with E-state index in [1.807, 2.05) is 12.1 Å². The molecule has 1 amide bonds. The number of ether oxygens (including phenoxy) is 1. The summed E-state index contributed by atoms with van der Waals surface area (Å²) in [4.78, 5) is 13.8. The summed E-state index contributed by atoms with van der Waals surface area (Å²) < 4.78 is 10.1. The maximum atomic E-state index is 12.2. The highest BCUT2D eigenvalue weighted by Gasteiger charge is 2.12. The number of rotatable bonds is 5. The van der Waals surface area contributed by atoms with Gasteiger partial charge in [0.1, 0.15) is 16.8 Å². The molecule has 0 spiro atoms. The Hall–Kier alpha value is -2.31. The Labute approximate surface area is 147 Å². The van der Waals surface area contributed by atoms with E-state index in [-0.39, 0.29) is 12.5 Å². The van der Waals surface area contributed by atoms with Crippen LogP contribution in [-0.2, 0) is 11.3 Å². The van der Waals surface area contributed by atoms with Gasteiger partial charge < -0.3 is 9.64 Å². The number of amides is 1. The summed E-state index contributed by atoms with van der Waals surface area (Å²) in [6.45, 7) is 0.297. The lowest BCUT2D eigenvalue weighted by atomic mass is 10.2. The third-order valence-electron chi connectivity index (χ3n) is 3.41. The van der Waals surface area contributed by atoms with Crippen LogP contribution in [0.4, 0.5) is 0 Å². The number of carbonyl (C=O) groups is 1. The van der Waals surface area contributed by atoms with Gasteiger partial charge in [-0.15, -0.1) is 0 Å². The molecule has 0 atom stereocenters. The van der Waals surface area contributed by atoms with Crippen molar-refractivity contribution in [2.24, 2.45) is 0 Å². The summed E-state index contributed by atoms with van der Waals surface area (Å²) in [6.07, 6.45) is 0. The lowest BCUT2D eigenvalue weighted by Crippen LogP contribution is -2.31. The molecule has 24 heavy (non-hydrogen) atoms. The van der Waals surface area contributed by atoms with Gasteiger partial charge in [0.05, 0.1) is 5.02 Å². The minimum atomic E-state index is -0.181. The largest absolute Gasteiger partial charge is 0.482 e. The number of nitrogens with zero attached hydrogens (tertiary/aromatic N) is 3. The van der Waals surface area contributed by atoms with Crippen molar-refractivity contribution in [3.8, 4) is 5.75 Å². The van der Waals surface area contributed by atoms with Crippen LogP contribution in [0.3, 0.4) is 0 Å². The number of aromatic nitrogens is 2. The van der Waals surface area contributed by atoms with E-state index in [2.05, 4.69) is 14.9 Å². The van der Waals surface area contributed by atoms with Gasteiger partial charge in [-0.2, -0.15) is 0 Å². The number of hydrogen-bond acceptors (Lipinski definition) is 5. The summed E-state index contributed by atoms with van der Waals surface area (Å²) in [7, 11) is 1.69. The molecule has 0 aliphatic heterocycles. The number of benzene rings is 2. The third kappa shape index (κ3) is 3.77. The Morgan fingerprint density at radius 3 is 2.75 bits per heavy atom. The first kappa shape index (κ1) is 16.5. The van der Waals surface area contributed by atoms with Gasteiger partial charge in [0.15, 0.2) is 6.61 Å². The van der Waals surface area contributed by atoms with Crippen molar-refractivity contribution >= 4 is 40.1 Å². The Bertz CT molecular complexity index is 882. The second-order valence-corrected chi connectivity index (χ2v) is 6.04. The molecule has 0 aliphatic rings. The first-order valence-corrected chi connectivity index (χ1v) is 7.81. The van der Waals surface area contributed by atoms with Gasteiger partial charge in [-0.3, -0.25) is 4.79 Å². The first-order chi connectivity index (χ1) is 11.5. The van der Waals surface area contributed by atoms with Gasteiger partial charge in [-0.1, -0.05) is 29.3 Å². The second kappa shape index (κ2) is 7.07. The molecule has 6 nitrogen and oxygen atoms in total. The van der Waals surface area contributed by atoms with Crippen LogP contribution in [0.15, 0.2) is 41.0 Å². The number of hydrogen-bond donors (Lipinski definition) is 0. The molecule has 2 aromatic carbocycles. The van der Waals surface area contributed by atoms with Crippen LogP contribution in [-0.4, -0.2) is 34.8 Å². The number of halogens is 2. The van der Waals surface area contributed by atoms with E-state index < -0.39 is 0 Å². The highest BCUT2D eigenvalue weighted by Crippen LogP contribution is 2.27. The van der Waals surface area contributed by atoms with E-state index in [4.69, 9.17) is 27.9 Å².